The van der Waals surface area contributed by atoms with Gasteiger partial charge in [0, 0.05) is 61.3 Å². The van der Waals surface area contributed by atoms with E-state index in [1.807, 2.05) is 47.1 Å². The van der Waals surface area contributed by atoms with Gasteiger partial charge in [0.2, 0.25) is 0 Å². The summed E-state index contributed by atoms with van der Waals surface area (Å²) in [6.45, 7) is 4.10. The molecule has 0 spiro atoms. The van der Waals surface area contributed by atoms with Crippen molar-refractivity contribution >= 4 is 26.9 Å². The van der Waals surface area contributed by atoms with E-state index in [0.717, 1.165) is 47.8 Å². The maximum absolute atomic E-state index is 13.2. The molecule has 1 aromatic heterocycles. The third-order valence-corrected chi connectivity index (χ3v) is 9.37. The lowest BCUT2D eigenvalue weighted by Gasteiger charge is -2.36. The number of hydrogen-bond acceptors (Lipinski definition) is 5. The molecule has 0 saturated carbocycles. The molecule has 0 atom stereocenters. The van der Waals surface area contributed by atoms with Crippen LogP contribution in [0, 0.1) is 0 Å². The van der Waals surface area contributed by atoms with E-state index in [4.69, 9.17) is 5.10 Å². The molecule has 8 nitrogen and oxygen atoms in total. The highest BCUT2D eigenvalue weighted by molar-refractivity contribution is 7.86. The highest BCUT2D eigenvalue weighted by Gasteiger charge is 2.33. The lowest BCUT2D eigenvalue weighted by molar-refractivity contribution is 0.104. The molecule has 0 amide bonds. The summed E-state index contributed by atoms with van der Waals surface area (Å²) in [6.07, 6.45) is 4.11. The van der Waals surface area contributed by atoms with Gasteiger partial charge in [-0.1, -0.05) is 49.2 Å². The molecule has 3 heterocycles. The highest BCUT2D eigenvalue weighted by atomic mass is 32.2. The molecule has 9 heteroatoms. The predicted molar refractivity (Wildman–Crippen MR) is 131 cm³/mol. The van der Waals surface area contributed by atoms with Crippen molar-refractivity contribution < 1.29 is 13.2 Å². The minimum atomic E-state index is -3.40. The molecule has 3 aliphatic rings. The zero-order valence-corrected chi connectivity index (χ0v) is 20.0. The molecule has 0 N–H and O–H groups in total. The largest absolute Gasteiger partial charge is 0.289 e. The molecule has 34 heavy (non-hydrogen) atoms. The molecule has 0 radical (unpaired) electrons. The number of hydrogen-bond donors (Lipinski definition) is 0. The fourth-order valence-corrected chi connectivity index (χ4v) is 7.14. The van der Waals surface area contributed by atoms with E-state index < -0.39 is 10.2 Å². The van der Waals surface area contributed by atoms with Gasteiger partial charge < -0.3 is 0 Å². The van der Waals surface area contributed by atoms with Crippen LogP contribution in [0.25, 0.3) is 22.2 Å². The Kier molecular flexibility index (Phi) is 5.52. The van der Waals surface area contributed by atoms with Gasteiger partial charge in [0.15, 0.2) is 5.78 Å². The number of nitrogens with zero attached hydrogens (tertiary/aromatic N) is 5. The summed E-state index contributed by atoms with van der Waals surface area (Å²) < 4.78 is 31.6. The van der Waals surface area contributed by atoms with Crippen LogP contribution in [0.15, 0.2) is 42.5 Å². The maximum Gasteiger partial charge on any atom is 0.282 e. The lowest BCUT2D eigenvalue weighted by Crippen LogP contribution is -2.53. The van der Waals surface area contributed by atoms with Crippen molar-refractivity contribution in [2.75, 3.05) is 39.3 Å². The van der Waals surface area contributed by atoms with Gasteiger partial charge >= 0.3 is 0 Å². The van der Waals surface area contributed by atoms with Crippen molar-refractivity contribution in [3.8, 4) is 11.3 Å². The Morgan fingerprint density at radius 1 is 0.735 bits per heavy atom. The van der Waals surface area contributed by atoms with E-state index in [2.05, 4.69) is 4.90 Å². The minimum Gasteiger partial charge on any atom is -0.289 e. The molecule has 2 fully saturated rings. The van der Waals surface area contributed by atoms with E-state index in [9.17, 15) is 13.2 Å². The number of benzene rings is 2. The van der Waals surface area contributed by atoms with Gasteiger partial charge in [0.25, 0.3) is 10.2 Å². The third kappa shape index (κ3) is 3.58. The Labute approximate surface area is 199 Å². The Bertz CT molecular complexity index is 1350. The van der Waals surface area contributed by atoms with Crippen LogP contribution in [0.3, 0.4) is 0 Å². The van der Waals surface area contributed by atoms with Gasteiger partial charge in [-0.3, -0.25) is 9.69 Å². The number of piperazine rings is 1. The Balaban J connectivity index is 1.22. The summed E-state index contributed by atoms with van der Waals surface area (Å²) in [7, 11) is -3.40. The molecule has 0 bridgehead atoms. The summed E-state index contributed by atoms with van der Waals surface area (Å²) in [5.41, 5.74) is 4.06. The van der Waals surface area contributed by atoms with Gasteiger partial charge in [-0.05, 0) is 18.9 Å². The molecule has 6 rings (SSSR count). The van der Waals surface area contributed by atoms with Crippen LogP contribution >= 0.6 is 0 Å². The summed E-state index contributed by atoms with van der Waals surface area (Å²) in [6, 6.07) is 13.5. The standard InChI is InChI=1S/C25H29N5O3S/c31-25-20-9-4-3-8-19(20)24-23-21(25)10-7-11-22(23)30(26-24)18-27-14-16-29(17-15-27)34(32,33)28-12-5-1-2-6-13-28/h3-4,7-11H,1-2,5-6,12-18H2. The number of carbonyl (C=O) groups excluding carboxylic acids is 1. The molecule has 0 unspecified atom stereocenters. The van der Waals surface area contributed by atoms with Crippen molar-refractivity contribution in [2.24, 2.45) is 0 Å². The second-order valence-corrected chi connectivity index (χ2v) is 11.3. The van der Waals surface area contributed by atoms with Gasteiger partial charge in [0.05, 0.1) is 12.2 Å². The number of aromatic nitrogens is 2. The second kappa shape index (κ2) is 8.57. The smallest absolute Gasteiger partial charge is 0.282 e. The summed E-state index contributed by atoms with van der Waals surface area (Å²) in [5, 5.41) is 5.83. The van der Waals surface area contributed by atoms with Gasteiger partial charge in [-0.15, -0.1) is 0 Å². The first-order chi connectivity index (χ1) is 16.5. The SMILES string of the molecule is O=C1c2ccccc2-c2nn(CN3CCN(S(=O)(=O)N4CCCCCC4)CC3)c3cccc1c23. The van der Waals surface area contributed by atoms with Crippen LogP contribution in [-0.4, -0.2) is 76.8 Å². The van der Waals surface area contributed by atoms with Crippen molar-refractivity contribution in [3.05, 3.63) is 53.6 Å². The molecule has 2 saturated heterocycles. The average molecular weight is 480 g/mol. The second-order valence-electron chi connectivity index (χ2n) is 9.40. The molecule has 3 aromatic rings. The first-order valence-electron chi connectivity index (χ1n) is 12.2. The van der Waals surface area contributed by atoms with Crippen molar-refractivity contribution in [3.63, 3.8) is 0 Å². The van der Waals surface area contributed by atoms with E-state index in [1.54, 1.807) is 8.61 Å². The van der Waals surface area contributed by atoms with Crippen LogP contribution in [0.4, 0.5) is 0 Å². The molecule has 2 aliphatic heterocycles. The molecule has 178 valence electrons. The van der Waals surface area contributed by atoms with Crippen LogP contribution in [0.2, 0.25) is 0 Å². The van der Waals surface area contributed by atoms with E-state index >= 15 is 0 Å². The van der Waals surface area contributed by atoms with E-state index in [1.165, 1.54) is 0 Å². The van der Waals surface area contributed by atoms with Gasteiger partial charge in [-0.25, -0.2) is 4.68 Å². The van der Waals surface area contributed by atoms with Crippen molar-refractivity contribution in [1.82, 2.24) is 23.3 Å². The van der Waals surface area contributed by atoms with Crippen LogP contribution in [0.1, 0.15) is 41.6 Å². The van der Waals surface area contributed by atoms with E-state index in [0.29, 0.717) is 57.1 Å². The summed E-state index contributed by atoms with van der Waals surface area (Å²) in [4.78, 5) is 15.3. The Morgan fingerprint density at radius 2 is 1.38 bits per heavy atom. The topological polar surface area (TPSA) is 78.8 Å². The van der Waals surface area contributed by atoms with Gasteiger partial charge in [0.1, 0.15) is 5.69 Å². The first-order valence-corrected chi connectivity index (χ1v) is 13.5. The molecule has 2 aromatic carbocycles. The molecular formula is C25H29N5O3S. The first kappa shape index (κ1) is 21.9. The minimum absolute atomic E-state index is 0.0422. The lowest BCUT2D eigenvalue weighted by atomic mass is 9.87. The number of fused-ring (bicyclic) bond motifs is 2. The van der Waals surface area contributed by atoms with E-state index in [-0.39, 0.29) is 5.78 Å². The van der Waals surface area contributed by atoms with Crippen molar-refractivity contribution in [1.29, 1.82) is 0 Å². The number of carbonyl (C=O) groups is 1. The Hall–Kier alpha value is -2.59. The van der Waals surface area contributed by atoms with Crippen LogP contribution < -0.4 is 0 Å². The number of rotatable bonds is 4. The zero-order valence-electron chi connectivity index (χ0n) is 19.2. The van der Waals surface area contributed by atoms with Gasteiger partial charge in [-0.2, -0.15) is 22.1 Å². The van der Waals surface area contributed by atoms with Crippen LogP contribution in [-0.2, 0) is 16.9 Å². The molecular weight excluding hydrogens is 450 g/mol. The normalized spacial score (nSPS) is 20.4. The van der Waals surface area contributed by atoms with Crippen LogP contribution in [0.5, 0.6) is 0 Å². The Morgan fingerprint density at radius 3 is 2.12 bits per heavy atom. The zero-order chi connectivity index (χ0) is 23.3. The quantitative estimate of drug-likeness (QED) is 0.450. The summed E-state index contributed by atoms with van der Waals surface area (Å²) >= 11 is 0. The predicted octanol–water partition coefficient (Wildman–Crippen LogP) is 2.94. The fraction of sp³-hybridized carbons (Fsp3) is 0.440. The average Bonchev–Trinajstić information content (AvgIpc) is 3.03. The highest BCUT2D eigenvalue weighted by Crippen LogP contribution is 2.38. The third-order valence-electron chi connectivity index (χ3n) is 7.33. The summed E-state index contributed by atoms with van der Waals surface area (Å²) in [5.74, 6) is 0.0422. The molecule has 1 aliphatic carbocycles. The van der Waals surface area contributed by atoms with Crippen molar-refractivity contribution in [2.45, 2.75) is 32.4 Å². The fourth-order valence-electron chi connectivity index (χ4n) is 5.47. The monoisotopic (exact) mass is 479 g/mol. The number of ketones is 1. The maximum atomic E-state index is 13.2.